The molecule has 1 amide bonds. The van der Waals surface area contributed by atoms with Gasteiger partial charge in [0.1, 0.15) is 38.0 Å². The van der Waals surface area contributed by atoms with Gasteiger partial charge in [0.2, 0.25) is 0 Å². The molecule has 1 fully saturated rings. The first-order chi connectivity index (χ1) is 14.4. The van der Waals surface area contributed by atoms with E-state index in [0.29, 0.717) is 17.3 Å². The molecule has 1 atom stereocenters. The molecule has 7 heteroatoms. The lowest BCUT2D eigenvalue weighted by Gasteiger charge is -2.33. The summed E-state index contributed by atoms with van der Waals surface area (Å²) in [6, 6.07) is 15.9. The van der Waals surface area contributed by atoms with Crippen LogP contribution in [0.25, 0.3) is 0 Å². The van der Waals surface area contributed by atoms with Crippen molar-refractivity contribution in [1.29, 1.82) is 0 Å². The third-order valence-corrected chi connectivity index (χ3v) is 5.99. The van der Waals surface area contributed by atoms with Crippen LogP contribution in [-0.4, -0.2) is 66.4 Å². The zero-order chi connectivity index (χ0) is 21.5. The Kier molecular flexibility index (Phi) is 7.96. The van der Waals surface area contributed by atoms with Crippen LogP contribution in [0.5, 0.6) is 5.75 Å². The van der Waals surface area contributed by atoms with Gasteiger partial charge in [-0.25, -0.2) is 0 Å². The van der Waals surface area contributed by atoms with Gasteiger partial charge >= 0.3 is 0 Å². The SMILES string of the molecule is CN(C)c1ccc([C@H](CNC(=O)COc2ccc(Cl)cc2)[NH+]2CC[NH+](C)CC2)cc1. The minimum Gasteiger partial charge on any atom is -0.484 e. The Morgan fingerprint density at radius 1 is 1.07 bits per heavy atom. The van der Waals surface area contributed by atoms with Crippen LogP contribution in [0.4, 0.5) is 5.69 Å². The van der Waals surface area contributed by atoms with Crippen LogP contribution in [0.15, 0.2) is 48.5 Å². The molecular formula is C23H33ClN4O2+2. The molecule has 30 heavy (non-hydrogen) atoms. The van der Waals surface area contributed by atoms with Crippen LogP contribution in [0.3, 0.4) is 0 Å². The Morgan fingerprint density at radius 3 is 2.30 bits per heavy atom. The van der Waals surface area contributed by atoms with Crippen LogP contribution < -0.4 is 24.8 Å². The number of carbonyl (C=O) groups excluding carboxylic acids is 1. The van der Waals surface area contributed by atoms with Gasteiger partial charge in [0.25, 0.3) is 5.91 Å². The lowest BCUT2D eigenvalue weighted by Crippen LogP contribution is -3.27. The molecule has 1 saturated heterocycles. The Labute approximate surface area is 184 Å². The number of benzene rings is 2. The zero-order valence-corrected chi connectivity index (χ0v) is 18.8. The van der Waals surface area contributed by atoms with Crippen molar-refractivity contribution < 1.29 is 19.3 Å². The third-order valence-electron chi connectivity index (χ3n) is 5.74. The number of halogens is 1. The van der Waals surface area contributed by atoms with Crippen molar-refractivity contribution in [3.63, 3.8) is 0 Å². The van der Waals surface area contributed by atoms with Crippen LogP contribution in [-0.2, 0) is 4.79 Å². The highest BCUT2D eigenvalue weighted by atomic mass is 35.5. The largest absolute Gasteiger partial charge is 0.484 e. The summed E-state index contributed by atoms with van der Waals surface area (Å²) in [6.45, 7) is 5.09. The first-order valence-electron chi connectivity index (χ1n) is 10.5. The number of likely N-dealkylation sites (N-methyl/N-ethyl adjacent to an activating group) is 1. The number of ether oxygens (including phenoxy) is 1. The van der Waals surface area contributed by atoms with E-state index in [4.69, 9.17) is 16.3 Å². The van der Waals surface area contributed by atoms with E-state index in [1.165, 1.54) is 16.2 Å². The molecule has 0 aromatic heterocycles. The lowest BCUT2D eigenvalue weighted by molar-refractivity contribution is -1.02. The van der Waals surface area contributed by atoms with E-state index >= 15 is 0 Å². The summed E-state index contributed by atoms with van der Waals surface area (Å²) in [5.41, 5.74) is 2.43. The van der Waals surface area contributed by atoms with E-state index in [9.17, 15) is 4.79 Å². The molecule has 2 aromatic rings. The first kappa shape index (κ1) is 22.4. The predicted molar refractivity (Wildman–Crippen MR) is 121 cm³/mol. The second kappa shape index (κ2) is 10.7. The van der Waals surface area contributed by atoms with E-state index in [0.717, 1.165) is 26.2 Å². The molecule has 3 rings (SSSR count). The van der Waals surface area contributed by atoms with Gasteiger partial charge in [-0.05, 0) is 36.4 Å². The van der Waals surface area contributed by atoms with Crippen LogP contribution in [0.1, 0.15) is 11.6 Å². The molecule has 0 bridgehead atoms. The highest BCUT2D eigenvalue weighted by Gasteiger charge is 2.29. The molecule has 1 heterocycles. The topological polar surface area (TPSA) is 50.5 Å². The van der Waals surface area contributed by atoms with Crippen molar-refractivity contribution in [2.75, 3.05) is 65.4 Å². The number of amides is 1. The summed E-state index contributed by atoms with van der Waals surface area (Å²) >= 11 is 5.89. The average molecular weight is 433 g/mol. The van der Waals surface area contributed by atoms with Crippen molar-refractivity contribution in [2.45, 2.75) is 6.04 Å². The number of quaternary nitrogens is 2. The molecule has 2 aromatic carbocycles. The number of nitrogens with one attached hydrogen (secondary N) is 3. The maximum Gasteiger partial charge on any atom is 0.258 e. The highest BCUT2D eigenvalue weighted by molar-refractivity contribution is 6.30. The van der Waals surface area contributed by atoms with E-state index in [1.54, 1.807) is 29.2 Å². The quantitative estimate of drug-likeness (QED) is 0.552. The maximum absolute atomic E-state index is 12.4. The zero-order valence-electron chi connectivity index (χ0n) is 18.1. The van der Waals surface area contributed by atoms with Gasteiger partial charge in [0.15, 0.2) is 6.61 Å². The normalized spacial score (nSPS) is 19.7. The molecular weight excluding hydrogens is 400 g/mol. The summed E-state index contributed by atoms with van der Waals surface area (Å²) in [7, 11) is 6.33. The van der Waals surface area contributed by atoms with E-state index in [2.05, 4.69) is 41.5 Å². The Bertz CT molecular complexity index is 803. The van der Waals surface area contributed by atoms with Crippen LogP contribution in [0.2, 0.25) is 5.02 Å². The summed E-state index contributed by atoms with van der Waals surface area (Å²) in [5.74, 6) is 0.525. The maximum atomic E-state index is 12.4. The number of piperazine rings is 1. The van der Waals surface area contributed by atoms with Gasteiger partial charge in [-0.15, -0.1) is 0 Å². The first-order valence-corrected chi connectivity index (χ1v) is 10.9. The summed E-state index contributed by atoms with van der Waals surface area (Å²) in [5, 5.41) is 3.73. The van der Waals surface area contributed by atoms with Gasteiger partial charge in [-0.1, -0.05) is 23.7 Å². The standard InChI is InChI=1S/C23H31ClN4O2/c1-26(2)20-8-4-18(5-9-20)22(28-14-12-27(3)13-15-28)16-25-23(29)17-30-21-10-6-19(24)7-11-21/h4-11,22H,12-17H2,1-3H3,(H,25,29)/p+2/t22-/m0/s1. The molecule has 162 valence electrons. The molecule has 1 aliphatic rings. The summed E-state index contributed by atoms with van der Waals surface area (Å²) < 4.78 is 5.58. The summed E-state index contributed by atoms with van der Waals surface area (Å²) in [4.78, 5) is 17.6. The number of hydrogen-bond acceptors (Lipinski definition) is 3. The van der Waals surface area contributed by atoms with Crippen molar-refractivity contribution in [2.24, 2.45) is 0 Å². The second-order valence-electron chi connectivity index (χ2n) is 8.20. The monoisotopic (exact) mass is 432 g/mol. The van der Waals surface area contributed by atoms with Crippen molar-refractivity contribution in [3.8, 4) is 5.75 Å². The van der Waals surface area contributed by atoms with Gasteiger partial charge in [-0.2, -0.15) is 0 Å². The highest BCUT2D eigenvalue weighted by Crippen LogP contribution is 2.17. The third kappa shape index (κ3) is 6.36. The minimum absolute atomic E-state index is 0.00383. The molecule has 0 aliphatic carbocycles. The van der Waals surface area contributed by atoms with Crippen molar-refractivity contribution in [3.05, 3.63) is 59.1 Å². The number of rotatable bonds is 8. The second-order valence-corrected chi connectivity index (χ2v) is 8.64. The van der Waals surface area contributed by atoms with Crippen molar-refractivity contribution >= 4 is 23.2 Å². The smallest absolute Gasteiger partial charge is 0.258 e. The molecule has 0 saturated carbocycles. The van der Waals surface area contributed by atoms with Crippen LogP contribution in [0, 0.1) is 0 Å². The Hall–Kier alpha value is -2.28. The number of nitrogens with zero attached hydrogens (tertiary/aromatic N) is 1. The average Bonchev–Trinajstić information content (AvgIpc) is 2.75. The van der Waals surface area contributed by atoms with E-state index in [-0.39, 0.29) is 18.6 Å². The number of hydrogen-bond donors (Lipinski definition) is 3. The number of carbonyl (C=O) groups is 1. The Balaban J connectivity index is 1.61. The molecule has 0 spiro atoms. The molecule has 1 aliphatic heterocycles. The van der Waals surface area contributed by atoms with Gasteiger partial charge in [0.05, 0.1) is 13.6 Å². The summed E-state index contributed by atoms with van der Waals surface area (Å²) in [6.07, 6.45) is 0. The van der Waals surface area contributed by atoms with Gasteiger partial charge < -0.3 is 24.8 Å². The molecule has 0 radical (unpaired) electrons. The fraction of sp³-hybridized carbons (Fsp3) is 0.435. The van der Waals surface area contributed by atoms with Crippen LogP contribution >= 0.6 is 11.6 Å². The van der Waals surface area contributed by atoms with E-state index in [1.807, 2.05) is 14.1 Å². The predicted octanol–water partition coefficient (Wildman–Crippen LogP) is 0.0555. The number of anilines is 1. The van der Waals surface area contributed by atoms with Gasteiger partial charge in [-0.3, -0.25) is 4.79 Å². The Morgan fingerprint density at radius 2 is 1.70 bits per heavy atom. The van der Waals surface area contributed by atoms with E-state index < -0.39 is 0 Å². The fourth-order valence-electron chi connectivity index (χ4n) is 3.80. The van der Waals surface area contributed by atoms with Crippen molar-refractivity contribution in [1.82, 2.24) is 5.32 Å². The fourth-order valence-corrected chi connectivity index (χ4v) is 3.92. The molecule has 3 N–H and O–H groups in total. The lowest BCUT2D eigenvalue weighted by atomic mass is 10.0. The molecule has 6 nitrogen and oxygen atoms in total. The minimum atomic E-state index is -0.112. The van der Waals surface area contributed by atoms with Gasteiger partial charge in [0, 0.05) is 30.4 Å². The molecule has 0 unspecified atom stereocenters.